The molecular weight excluding hydrogens is 973 g/mol. The molecule has 0 amide bonds. The van der Waals surface area contributed by atoms with E-state index >= 15 is 0 Å². The van der Waals surface area contributed by atoms with Gasteiger partial charge in [0.05, 0.1) is 6.61 Å². The first-order chi connectivity index (χ1) is 37.6. The number of allylic oxidation sites excluding steroid dienone is 8. The van der Waals surface area contributed by atoms with Gasteiger partial charge in [0.1, 0.15) is 18.8 Å². The molecule has 6 atom stereocenters. The van der Waals surface area contributed by atoms with Crippen LogP contribution in [0, 0.1) is 0 Å². The molecule has 1 rings (SSSR count). The Hall–Kier alpha value is -3.32. The molecule has 446 valence electrons. The summed E-state index contributed by atoms with van der Waals surface area (Å²) >= 11 is 0. The maximum absolute atomic E-state index is 13.1. The smallest absolute Gasteiger partial charge is 0.335 e. The number of carboxylic acids is 1. The van der Waals surface area contributed by atoms with Gasteiger partial charge in [0, 0.05) is 19.3 Å². The Bertz CT molecular complexity index is 1520. The third-order valence-electron chi connectivity index (χ3n) is 14.4. The van der Waals surface area contributed by atoms with Crippen LogP contribution in [0.4, 0.5) is 0 Å². The highest BCUT2D eigenvalue weighted by Crippen LogP contribution is 2.27. The predicted octanol–water partition coefficient (Wildman–Crippen LogP) is 16.6. The van der Waals surface area contributed by atoms with Crippen molar-refractivity contribution in [2.24, 2.45) is 0 Å². The van der Waals surface area contributed by atoms with E-state index in [4.69, 9.17) is 23.7 Å². The molecule has 0 bridgehead atoms. The van der Waals surface area contributed by atoms with Crippen LogP contribution in [0.25, 0.3) is 0 Å². The highest BCUT2D eigenvalue weighted by Gasteiger charge is 2.50. The number of ether oxygens (including phenoxy) is 5. The van der Waals surface area contributed by atoms with Crippen molar-refractivity contribution < 1.29 is 58.2 Å². The number of hydrogen-bond donors (Lipinski definition) is 3. The molecule has 1 fully saturated rings. The molecule has 3 N–H and O–H groups in total. The maximum Gasteiger partial charge on any atom is 0.335 e. The van der Waals surface area contributed by atoms with Crippen LogP contribution in [0.15, 0.2) is 48.6 Å². The van der Waals surface area contributed by atoms with E-state index in [1.54, 1.807) is 0 Å². The Morgan fingerprint density at radius 2 is 0.818 bits per heavy atom. The van der Waals surface area contributed by atoms with Crippen LogP contribution in [0.5, 0.6) is 0 Å². The summed E-state index contributed by atoms with van der Waals surface area (Å²) in [4.78, 5) is 51.2. The molecule has 6 unspecified atom stereocenters. The normalized spacial score (nSPS) is 18.3. The minimum Gasteiger partial charge on any atom is -0.479 e. The number of hydrogen-bond acceptors (Lipinski definition) is 11. The Labute approximate surface area is 469 Å². The quantitative estimate of drug-likeness (QED) is 0.0228. The van der Waals surface area contributed by atoms with Crippen LogP contribution in [0.1, 0.15) is 290 Å². The third kappa shape index (κ3) is 43.2. The van der Waals surface area contributed by atoms with Crippen molar-refractivity contribution in [1.29, 1.82) is 0 Å². The lowest BCUT2D eigenvalue weighted by atomic mass is 9.98. The molecule has 1 saturated heterocycles. The van der Waals surface area contributed by atoms with Gasteiger partial charge in [0.2, 0.25) is 0 Å². The van der Waals surface area contributed by atoms with E-state index in [-0.39, 0.29) is 25.9 Å². The van der Waals surface area contributed by atoms with Crippen LogP contribution in [0.2, 0.25) is 0 Å². The maximum atomic E-state index is 13.1. The molecule has 0 radical (unpaired) electrons. The van der Waals surface area contributed by atoms with Gasteiger partial charge in [0.15, 0.2) is 24.6 Å². The zero-order valence-electron chi connectivity index (χ0n) is 49.2. The van der Waals surface area contributed by atoms with Crippen molar-refractivity contribution in [3.63, 3.8) is 0 Å². The fourth-order valence-corrected chi connectivity index (χ4v) is 9.62. The van der Waals surface area contributed by atoms with Gasteiger partial charge in [-0.2, -0.15) is 0 Å². The van der Waals surface area contributed by atoms with Gasteiger partial charge in [-0.3, -0.25) is 14.4 Å². The molecule has 77 heavy (non-hydrogen) atoms. The van der Waals surface area contributed by atoms with Crippen molar-refractivity contribution >= 4 is 23.9 Å². The number of carboxylic acid groups (broad SMARTS) is 1. The Morgan fingerprint density at radius 1 is 0.442 bits per heavy atom. The molecule has 0 aromatic rings. The SMILES string of the molecule is CC/C=C\C/C=C\C/C=C\C/C=C\CCC(=O)OC(COC(=O)CCCCCCCCCCCCCCCCC)COC1OC(C(=O)O)C(O)C(O)C1OC(=O)CCCCCCCCCCCCCCCCCCCCC. The summed E-state index contributed by atoms with van der Waals surface area (Å²) in [5, 5.41) is 31.5. The number of unbranched alkanes of at least 4 members (excludes halogenated alkanes) is 32. The fraction of sp³-hybridized carbons (Fsp3) is 0.815. The second kappa shape index (κ2) is 53.3. The van der Waals surface area contributed by atoms with E-state index in [2.05, 4.69) is 57.2 Å². The lowest BCUT2D eigenvalue weighted by Crippen LogP contribution is -2.61. The molecule has 0 aromatic carbocycles. The number of rotatable bonds is 54. The van der Waals surface area contributed by atoms with Crippen molar-refractivity contribution in [2.45, 2.75) is 327 Å². The number of carbonyl (C=O) groups is 4. The van der Waals surface area contributed by atoms with Gasteiger partial charge < -0.3 is 39.0 Å². The second-order valence-corrected chi connectivity index (χ2v) is 21.7. The van der Waals surface area contributed by atoms with Gasteiger partial charge in [-0.1, -0.05) is 275 Å². The standard InChI is InChI=1S/C65H114O12/c1-4-7-10-13-16-19-22-25-27-28-29-30-32-35-38-41-44-47-50-53-59(68)76-63-61(70)60(69)62(64(71)72)77-65(63)74-55-56(75-58(67)52-49-46-43-40-37-33-24-21-18-15-12-9-6-3)54-73-57(66)51-48-45-42-39-36-34-31-26-23-20-17-14-11-8-5-2/h9,12,18,21,33,37,43,46,56,60-63,65,69-70H,4-8,10-11,13-17,19-20,22-32,34-36,38-42,44-45,47-55H2,1-3H3,(H,71,72)/b12-9-,21-18-,37-33-,46-43-. The Balaban J connectivity index is 2.66. The molecule has 0 aliphatic carbocycles. The number of esters is 3. The predicted molar refractivity (Wildman–Crippen MR) is 312 cm³/mol. The number of aliphatic hydroxyl groups is 2. The summed E-state index contributed by atoms with van der Waals surface area (Å²) in [6, 6.07) is 0. The van der Waals surface area contributed by atoms with Crippen LogP contribution >= 0.6 is 0 Å². The average molecular weight is 1090 g/mol. The van der Waals surface area contributed by atoms with Crippen LogP contribution in [-0.2, 0) is 42.9 Å². The first-order valence-electron chi connectivity index (χ1n) is 31.6. The molecular formula is C65H114O12. The summed E-state index contributed by atoms with van der Waals surface area (Å²) in [5.41, 5.74) is 0. The Morgan fingerprint density at radius 3 is 1.22 bits per heavy atom. The summed E-state index contributed by atoms with van der Waals surface area (Å²) < 4.78 is 28.4. The molecule has 1 aliphatic heterocycles. The number of carbonyl (C=O) groups excluding carboxylic acids is 3. The monoisotopic (exact) mass is 1090 g/mol. The van der Waals surface area contributed by atoms with Gasteiger partial charge >= 0.3 is 23.9 Å². The number of aliphatic hydroxyl groups excluding tert-OH is 2. The summed E-state index contributed by atoms with van der Waals surface area (Å²) in [5.74, 6) is -3.20. The van der Waals surface area contributed by atoms with Crippen LogP contribution < -0.4 is 0 Å². The molecule has 0 aromatic heterocycles. The van der Waals surface area contributed by atoms with E-state index in [0.717, 1.165) is 70.6 Å². The lowest BCUT2D eigenvalue weighted by Gasteiger charge is -2.40. The average Bonchev–Trinajstić information content (AvgIpc) is 3.42. The van der Waals surface area contributed by atoms with E-state index in [1.807, 2.05) is 12.2 Å². The number of aliphatic carboxylic acids is 1. The van der Waals surface area contributed by atoms with Crippen LogP contribution in [0.3, 0.4) is 0 Å². The molecule has 0 spiro atoms. The highest BCUT2D eigenvalue weighted by molar-refractivity contribution is 5.74. The van der Waals surface area contributed by atoms with Crippen molar-refractivity contribution in [1.82, 2.24) is 0 Å². The van der Waals surface area contributed by atoms with Gasteiger partial charge in [0.25, 0.3) is 0 Å². The van der Waals surface area contributed by atoms with Crippen molar-refractivity contribution in [2.75, 3.05) is 13.2 Å². The molecule has 0 saturated carbocycles. The summed E-state index contributed by atoms with van der Waals surface area (Å²) in [6.07, 6.45) is 52.4. The van der Waals surface area contributed by atoms with Gasteiger partial charge in [-0.25, -0.2) is 4.79 Å². The first-order valence-corrected chi connectivity index (χ1v) is 31.6. The largest absolute Gasteiger partial charge is 0.479 e. The minimum absolute atomic E-state index is 0.0451. The van der Waals surface area contributed by atoms with Crippen molar-refractivity contribution in [3.05, 3.63) is 48.6 Å². The lowest BCUT2D eigenvalue weighted by molar-refractivity contribution is -0.301. The van der Waals surface area contributed by atoms with Gasteiger partial charge in [-0.15, -0.1) is 0 Å². The molecule has 12 heteroatoms. The van der Waals surface area contributed by atoms with Crippen LogP contribution in [-0.4, -0.2) is 89.2 Å². The van der Waals surface area contributed by atoms with Crippen molar-refractivity contribution in [3.8, 4) is 0 Å². The third-order valence-corrected chi connectivity index (χ3v) is 14.4. The molecule has 1 heterocycles. The Kier molecular flexibility index (Phi) is 49.7. The highest BCUT2D eigenvalue weighted by atomic mass is 16.7. The van der Waals surface area contributed by atoms with E-state index in [0.29, 0.717) is 19.3 Å². The zero-order chi connectivity index (χ0) is 56.1. The topological polar surface area (TPSA) is 175 Å². The summed E-state index contributed by atoms with van der Waals surface area (Å²) in [6.45, 7) is 5.86. The van der Waals surface area contributed by atoms with E-state index in [9.17, 15) is 34.5 Å². The van der Waals surface area contributed by atoms with E-state index in [1.165, 1.54) is 161 Å². The minimum atomic E-state index is -1.91. The fourth-order valence-electron chi connectivity index (χ4n) is 9.62. The molecule has 1 aliphatic rings. The summed E-state index contributed by atoms with van der Waals surface area (Å²) in [7, 11) is 0. The first kappa shape index (κ1) is 71.7. The van der Waals surface area contributed by atoms with Gasteiger partial charge in [-0.05, 0) is 44.9 Å². The second-order valence-electron chi connectivity index (χ2n) is 21.7. The molecule has 12 nitrogen and oxygen atoms in total. The zero-order valence-corrected chi connectivity index (χ0v) is 49.2. The van der Waals surface area contributed by atoms with E-state index < -0.39 is 67.3 Å².